The molecular formula is C20H26N4O3. The van der Waals surface area contributed by atoms with Gasteiger partial charge in [0.1, 0.15) is 17.3 Å². The second kappa shape index (κ2) is 9.66. The molecule has 0 aliphatic heterocycles. The normalized spacial score (nSPS) is 10.4. The van der Waals surface area contributed by atoms with E-state index in [0.717, 1.165) is 12.8 Å². The van der Waals surface area contributed by atoms with E-state index in [0.29, 0.717) is 41.7 Å². The van der Waals surface area contributed by atoms with Gasteiger partial charge in [-0.3, -0.25) is 4.79 Å². The Labute approximate surface area is 159 Å². The fraction of sp³-hybridized carbons (Fsp3) is 0.400. The number of para-hydroxylation sites is 1. The number of hydrogen-bond acceptors (Lipinski definition) is 6. The summed E-state index contributed by atoms with van der Waals surface area (Å²) >= 11 is 0. The second-order valence-corrected chi connectivity index (χ2v) is 6.14. The Bertz CT molecular complexity index is 802. The molecule has 0 unspecified atom stereocenters. The number of anilines is 2. The number of nitrogens with one attached hydrogen (secondary N) is 1. The Morgan fingerprint density at radius 3 is 2.41 bits per heavy atom. The first-order valence-electron chi connectivity index (χ1n) is 9.09. The van der Waals surface area contributed by atoms with Crippen LogP contribution in [0, 0.1) is 6.92 Å². The van der Waals surface area contributed by atoms with Gasteiger partial charge in [-0.05, 0) is 31.9 Å². The highest BCUT2D eigenvalue weighted by Gasteiger charge is 2.18. The summed E-state index contributed by atoms with van der Waals surface area (Å²) in [7, 11) is 1.33. The Morgan fingerprint density at radius 1 is 1.11 bits per heavy atom. The van der Waals surface area contributed by atoms with E-state index in [9.17, 15) is 9.59 Å². The molecule has 27 heavy (non-hydrogen) atoms. The Morgan fingerprint density at radius 2 is 1.78 bits per heavy atom. The second-order valence-electron chi connectivity index (χ2n) is 6.14. The average Bonchev–Trinajstić information content (AvgIpc) is 2.66. The highest BCUT2D eigenvalue weighted by molar-refractivity contribution is 5.97. The largest absolute Gasteiger partial charge is 0.465 e. The van der Waals surface area contributed by atoms with Crippen molar-refractivity contribution in [3.05, 3.63) is 47.4 Å². The topological polar surface area (TPSA) is 84.4 Å². The molecule has 0 radical (unpaired) electrons. The zero-order chi connectivity index (χ0) is 19.8. The predicted octanol–water partition coefficient (Wildman–Crippen LogP) is 3.58. The summed E-state index contributed by atoms with van der Waals surface area (Å²) in [5.74, 6) is 0.368. The monoisotopic (exact) mass is 370 g/mol. The number of rotatable bonds is 8. The van der Waals surface area contributed by atoms with Crippen molar-refractivity contribution in [2.75, 3.05) is 25.5 Å². The number of ether oxygens (including phenoxy) is 1. The van der Waals surface area contributed by atoms with Crippen LogP contribution in [0.15, 0.2) is 30.3 Å². The molecule has 0 bridgehead atoms. The third kappa shape index (κ3) is 5.26. The van der Waals surface area contributed by atoms with Gasteiger partial charge in [0.15, 0.2) is 0 Å². The molecule has 1 N–H and O–H groups in total. The number of amides is 1. The van der Waals surface area contributed by atoms with E-state index in [1.165, 1.54) is 7.11 Å². The molecule has 1 aromatic heterocycles. The van der Waals surface area contributed by atoms with E-state index >= 15 is 0 Å². The van der Waals surface area contributed by atoms with Crippen molar-refractivity contribution in [2.45, 2.75) is 33.6 Å². The molecule has 1 heterocycles. The maximum Gasteiger partial charge on any atom is 0.339 e. The van der Waals surface area contributed by atoms with Gasteiger partial charge in [-0.2, -0.15) is 0 Å². The van der Waals surface area contributed by atoms with Crippen LogP contribution in [-0.4, -0.2) is 46.9 Å². The minimum absolute atomic E-state index is 0.117. The summed E-state index contributed by atoms with van der Waals surface area (Å²) in [4.78, 5) is 35.2. The lowest BCUT2D eigenvalue weighted by atomic mass is 10.2. The molecule has 0 spiro atoms. The highest BCUT2D eigenvalue weighted by Crippen LogP contribution is 2.21. The van der Waals surface area contributed by atoms with Crippen LogP contribution in [0.2, 0.25) is 0 Å². The van der Waals surface area contributed by atoms with E-state index < -0.39 is 5.97 Å². The van der Waals surface area contributed by atoms with Crippen LogP contribution < -0.4 is 5.32 Å². The van der Waals surface area contributed by atoms with Gasteiger partial charge >= 0.3 is 5.97 Å². The number of carbonyl (C=O) groups is 2. The molecule has 0 saturated carbocycles. The summed E-state index contributed by atoms with van der Waals surface area (Å²) in [6, 6.07) is 8.59. The minimum Gasteiger partial charge on any atom is -0.465 e. The Balaban J connectivity index is 2.33. The lowest BCUT2D eigenvalue weighted by Crippen LogP contribution is -2.33. The van der Waals surface area contributed by atoms with E-state index in [1.807, 2.05) is 13.8 Å². The van der Waals surface area contributed by atoms with Crippen LogP contribution in [0.25, 0.3) is 0 Å². The third-order valence-corrected chi connectivity index (χ3v) is 3.93. The van der Waals surface area contributed by atoms with Crippen LogP contribution in [-0.2, 0) is 4.74 Å². The first kappa shape index (κ1) is 20.4. The van der Waals surface area contributed by atoms with Gasteiger partial charge in [0.05, 0.1) is 18.4 Å². The molecule has 7 heteroatoms. The molecule has 0 fully saturated rings. The van der Waals surface area contributed by atoms with Crippen molar-refractivity contribution < 1.29 is 14.3 Å². The molecule has 1 amide bonds. The Hall–Kier alpha value is -2.96. The SMILES string of the molecule is CCCN(CCC)C(=O)c1cc(Nc2ccccc2C(=O)OC)nc(C)n1. The molecule has 144 valence electrons. The number of aryl methyl sites for hydroxylation is 1. The van der Waals surface area contributed by atoms with Gasteiger partial charge in [-0.25, -0.2) is 14.8 Å². The zero-order valence-corrected chi connectivity index (χ0v) is 16.3. The smallest absolute Gasteiger partial charge is 0.339 e. The van der Waals surface area contributed by atoms with Crippen LogP contribution in [0.1, 0.15) is 53.4 Å². The maximum absolute atomic E-state index is 12.8. The van der Waals surface area contributed by atoms with E-state index in [2.05, 4.69) is 15.3 Å². The number of hydrogen-bond donors (Lipinski definition) is 1. The van der Waals surface area contributed by atoms with E-state index in [-0.39, 0.29) is 5.91 Å². The van der Waals surface area contributed by atoms with Crippen LogP contribution in [0.3, 0.4) is 0 Å². The quantitative estimate of drug-likeness (QED) is 0.715. The average molecular weight is 370 g/mol. The number of esters is 1. The van der Waals surface area contributed by atoms with Gasteiger partial charge in [0, 0.05) is 19.2 Å². The number of methoxy groups -OCH3 is 1. The summed E-state index contributed by atoms with van der Waals surface area (Å²) in [5.41, 5.74) is 1.28. The van der Waals surface area contributed by atoms with Crippen LogP contribution >= 0.6 is 0 Å². The van der Waals surface area contributed by atoms with Crippen molar-refractivity contribution >= 4 is 23.4 Å². The number of benzene rings is 1. The molecule has 2 aromatic rings. The van der Waals surface area contributed by atoms with Gasteiger partial charge in [-0.15, -0.1) is 0 Å². The first-order chi connectivity index (χ1) is 13.0. The molecule has 2 rings (SSSR count). The lowest BCUT2D eigenvalue weighted by molar-refractivity contribution is 0.0601. The van der Waals surface area contributed by atoms with Gasteiger partial charge in [-0.1, -0.05) is 26.0 Å². The fourth-order valence-corrected chi connectivity index (χ4v) is 2.78. The molecule has 0 aliphatic rings. The zero-order valence-electron chi connectivity index (χ0n) is 16.3. The third-order valence-electron chi connectivity index (χ3n) is 3.93. The van der Waals surface area contributed by atoms with Crippen molar-refractivity contribution in [3.8, 4) is 0 Å². The lowest BCUT2D eigenvalue weighted by Gasteiger charge is -2.21. The first-order valence-corrected chi connectivity index (χ1v) is 9.09. The van der Waals surface area contributed by atoms with Gasteiger partial charge in [0.2, 0.25) is 0 Å². The molecule has 1 aromatic carbocycles. The summed E-state index contributed by atoms with van der Waals surface area (Å²) in [6.45, 7) is 7.18. The summed E-state index contributed by atoms with van der Waals surface area (Å²) < 4.78 is 4.81. The van der Waals surface area contributed by atoms with Crippen molar-refractivity contribution in [1.29, 1.82) is 0 Å². The number of aromatic nitrogens is 2. The van der Waals surface area contributed by atoms with Crippen molar-refractivity contribution in [2.24, 2.45) is 0 Å². The van der Waals surface area contributed by atoms with Crippen LogP contribution in [0.5, 0.6) is 0 Å². The number of carbonyl (C=O) groups excluding carboxylic acids is 2. The van der Waals surface area contributed by atoms with E-state index in [1.54, 1.807) is 42.2 Å². The summed E-state index contributed by atoms with van der Waals surface area (Å²) in [5, 5.41) is 3.10. The molecule has 7 nitrogen and oxygen atoms in total. The van der Waals surface area contributed by atoms with Gasteiger partial charge in [0.25, 0.3) is 5.91 Å². The number of nitrogens with zero attached hydrogens (tertiary/aromatic N) is 3. The van der Waals surface area contributed by atoms with Crippen LogP contribution in [0.4, 0.5) is 11.5 Å². The summed E-state index contributed by atoms with van der Waals surface area (Å²) in [6.07, 6.45) is 1.76. The highest BCUT2D eigenvalue weighted by atomic mass is 16.5. The van der Waals surface area contributed by atoms with Crippen molar-refractivity contribution in [3.63, 3.8) is 0 Å². The standard InChI is InChI=1S/C20H26N4O3/c1-5-11-24(12-6-2)19(25)17-13-18(22-14(3)21-17)23-16-10-8-7-9-15(16)20(26)27-4/h7-10,13H,5-6,11-12H2,1-4H3,(H,21,22,23). The Kier molecular flexibility index (Phi) is 7.28. The minimum atomic E-state index is -0.447. The van der Waals surface area contributed by atoms with Gasteiger partial charge < -0.3 is 15.0 Å². The molecule has 0 aliphatic carbocycles. The molecule has 0 saturated heterocycles. The molecule has 0 atom stereocenters. The fourth-order valence-electron chi connectivity index (χ4n) is 2.78. The predicted molar refractivity (Wildman–Crippen MR) is 104 cm³/mol. The van der Waals surface area contributed by atoms with E-state index in [4.69, 9.17) is 4.74 Å². The molecular weight excluding hydrogens is 344 g/mol. The van der Waals surface area contributed by atoms with Crippen molar-refractivity contribution in [1.82, 2.24) is 14.9 Å². The maximum atomic E-state index is 12.8.